The van der Waals surface area contributed by atoms with E-state index < -0.39 is 0 Å². The summed E-state index contributed by atoms with van der Waals surface area (Å²) >= 11 is 1.64. The van der Waals surface area contributed by atoms with Crippen LogP contribution in [0, 0.1) is 6.92 Å². The van der Waals surface area contributed by atoms with E-state index in [-0.39, 0.29) is 24.3 Å². The number of aromatic nitrogens is 4. The summed E-state index contributed by atoms with van der Waals surface area (Å²) in [5.41, 5.74) is 1.39. The number of hydrogen-bond acceptors (Lipinski definition) is 7. The molecule has 10 heteroatoms. The van der Waals surface area contributed by atoms with Gasteiger partial charge in [-0.05, 0) is 43.8 Å². The van der Waals surface area contributed by atoms with Crippen LogP contribution in [0.2, 0.25) is 0 Å². The van der Waals surface area contributed by atoms with Gasteiger partial charge in [0, 0.05) is 16.9 Å². The van der Waals surface area contributed by atoms with Crippen LogP contribution in [-0.2, 0) is 17.8 Å². The number of H-pyrrole nitrogens is 1. The van der Waals surface area contributed by atoms with E-state index in [0.717, 1.165) is 4.88 Å². The summed E-state index contributed by atoms with van der Waals surface area (Å²) in [5.74, 6) is 1.16. The van der Waals surface area contributed by atoms with Crippen LogP contribution in [0.3, 0.4) is 0 Å². The maximum atomic E-state index is 13.0. The molecule has 4 rings (SSSR count). The lowest BCUT2D eigenvalue weighted by atomic mass is 10.1. The number of hydrogen-bond donors (Lipinski definition) is 3. The first-order valence-corrected chi connectivity index (χ1v) is 11.2. The highest BCUT2D eigenvalue weighted by Gasteiger charge is 2.15. The maximum absolute atomic E-state index is 13.0. The first-order chi connectivity index (χ1) is 15.5. The number of aryl methyl sites for hydroxylation is 1. The number of thiophene rings is 1. The van der Waals surface area contributed by atoms with Gasteiger partial charge in [-0.2, -0.15) is 9.50 Å². The molecule has 0 bridgehead atoms. The summed E-state index contributed by atoms with van der Waals surface area (Å²) in [6.07, 6.45) is 0.405. The molecule has 0 atom stereocenters. The van der Waals surface area contributed by atoms with Crippen LogP contribution in [-0.4, -0.2) is 32.1 Å². The molecule has 4 aromatic rings. The minimum atomic E-state index is -0.258. The fraction of sp³-hybridized carbons (Fsp3) is 0.273. The number of rotatable bonds is 9. The topological polar surface area (TPSA) is 113 Å². The molecule has 0 saturated heterocycles. The van der Waals surface area contributed by atoms with Crippen LogP contribution in [0.4, 0.5) is 11.6 Å². The summed E-state index contributed by atoms with van der Waals surface area (Å²) in [6.45, 7) is 4.74. The van der Waals surface area contributed by atoms with Gasteiger partial charge in [0.25, 0.3) is 11.3 Å². The Morgan fingerprint density at radius 3 is 2.84 bits per heavy atom. The molecule has 166 valence electrons. The Kier molecular flexibility index (Phi) is 6.50. The van der Waals surface area contributed by atoms with Crippen molar-refractivity contribution >= 4 is 34.7 Å². The first kappa shape index (κ1) is 21.6. The Morgan fingerprint density at radius 2 is 2.06 bits per heavy atom. The SMILES string of the molecule is CCOc1ccccc1NC(=O)CCc1c(C)nc2nc(NCc3cccs3)[nH]n2c1=O. The molecule has 0 saturated carbocycles. The molecule has 1 aromatic carbocycles. The minimum Gasteiger partial charge on any atom is -0.492 e. The number of nitrogens with zero attached hydrogens (tertiary/aromatic N) is 3. The lowest BCUT2D eigenvalue weighted by Gasteiger charge is -2.11. The lowest BCUT2D eigenvalue weighted by molar-refractivity contribution is -0.116. The minimum absolute atomic E-state index is 0.141. The van der Waals surface area contributed by atoms with E-state index in [9.17, 15) is 9.59 Å². The van der Waals surface area contributed by atoms with Crippen molar-refractivity contribution in [1.82, 2.24) is 19.6 Å². The molecule has 3 aromatic heterocycles. The standard InChI is InChI=1S/C22H24N6O3S/c1-3-31-18-9-5-4-8-17(18)25-19(29)11-10-16-14(2)24-22-26-21(27-28(22)20(16)30)23-13-15-7-6-12-32-15/h4-9,12H,3,10-11,13H2,1-2H3,(H,25,29)(H2,23,24,26,27). The zero-order valence-corrected chi connectivity index (χ0v) is 18.7. The Bertz CT molecular complexity index is 1280. The number of ether oxygens (including phenoxy) is 1. The van der Waals surface area contributed by atoms with Crippen molar-refractivity contribution in [2.75, 3.05) is 17.2 Å². The number of nitrogens with one attached hydrogen (secondary N) is 3. The number of para-hydroxylation sites is 2. The molecule has 0 radical (unpaired) electrons. The quantitative estimate of drug-likeness (QED) is 0.359. The van der Waals surface area contributed by atoms with E-state index in [1.807, 2.05) is 36.6 Å². The highest BCUT2D eigenvalue weighted by atomic mass is 32.1. The highest BCUT2D eigenvalue weighted by molar-refractivity contribution is 7.09. The average molecular weight is 453 g/mol. The number of fused-ring (bicyclic) bond motifs is 1. The van der Waals surface area contributed by atoms with Crippen LogP contribution < -0.4 is 20.9 Å². The van der Waals surface area contributed by atoms with Crippen LogP contribution in [0.25, 0.3) is 5.78 Å². The van der Waals surface area contributed by atoms with Gasteiger partial charge in [0.15, 0.2) is 0 Å². The van der Waals surface area contributed by atoms with Gasteiger partial charge in [0.05, 0.1) is 24.5 Å². The zero-order valence-electron chi connectivity index (χ0n) is 17.8. The van der Waals surface area contributed by atoms with Crippen molar-refractivity contribution in [3.05, 3.63) is 68.3 Å². The van der Waals surface area contributed by atoms with Crippen LogP contribution in [0.1, 0.15) is 29.5 Å². The predicted molar refractivity (Wildman–Crippen MR) is 125 cm³/mol. The molecule has 3 N–H and O–H groups in total. The maximum Gasteiger partial charge on any atom is 0.277 e. The van der Waals surface area contributed by atoms with Crippen molar-refractivity contribution in [3.8, 4) is 5.75 Å². The van der Waals surface area contributed by atoms with Gasteiger partial charge in [-0.1, -0.05) is 18.2 Å². The molecule has 0 spiro atoms. The Hall–Kier alpha value is -3.66. The molecule has 9 nitrogen and oxygen atoms in total. The number of benzene rings is 1. The number of anilines is 2. The lowest BCUT2D eigenvalue weighted by Crippen LogP contribution is -2.23. The number of carbonyl (C=O) groups excluding carboxylic acids is 1. The van der Waals surface area contributed by atoms with Gasteiger partial charge in [-0.25, -0.2) is 4.98 Å². The third kappa shape index (κ3) is 4.80. The molecule has 0 aliphatic heterocycles. The second-order valence-electron chi connectivity index (χ2n) is 7.10. The Labute approximate surface area is 188 Å². The molecule has 3 heterocycles. The fourth-order valence-corrected chi connectivity index (χ4v) is 3.95. The molecule has 0 fully saturated rings. The fourth-order valence-electron chi connectivity index (χ4n) is 3.31. The number of amides is 1. The van der Waals surface area contributed by atoms with Gasteiger partial charge in [-0.15, -0.1) is 11.3 Å². The molecule has 0 unspecified atom stereocenters. The van der Waals surface area contributed by atoms with Crippen molar-refractivity contribution < 1.29 is 9.53 Å². The van der Waals surface area contributed by atoms with Gasteiger partial charge in [-0.3, -0.25) is 14.7 Å². The Morgan fingerprint density at radius 1 is 1.22 bits per heavy atom. The average Bonchev–Trinajstić information content (AvgIpc) is 3.43. The van der Waals surface area contributed by atoms with E-state index in [0.29, 0.717) is 47.6 Å². The van der Waals surface area contributed by atoms with Crippen molar-refractivity contribution in [2.24, 2.45) is 0 Å². The molecule has 0 aliphatic rings. The molecule has 1 amide bonds. The van der Waals surface area contributed by atoms with E-state index in [4.69, 9.17) is 4.74 Å². The largest absolute Gasteiger partial charge is 0.492 e. The van der Waals surface area contributed by atoms with Crippen molar-refractivity contribution in [1.29, 1.82) is 0 Å². The summed E-state index contributed by atoms with van der Waals surface area (Å²) in [4.78, 5) is 35.4. The molecule has 0 aliphatic carbocycles. The summed E-state index contributed by atoms with van der Waals surface area (Å²) < 4.78 is 6.85. The van der Waals surface area contributed by atoms with Gasteiger partial charge < -0.3 is 15.4 Å². The first-order valence-electron chi connectivity index (χ1n) is 10.3. The van der Waals surface area contributed by atoms with E-state index in [1.54, 1.807) is 30.4 Å². The molecular formula is C22H24N6O3S. The summed E-state index contributed by atoms with van der Waals surface area (Å²) in [5, 5.41) is 11.0. The van der Waals surface area contributed by atoms with Crippen molar-refractivity contribution in [2.45, 2.75) is 33.2 Å². The second-order valence-corrected chi connectivity index (χ2v) is 8.13. The zero-order chi connectivity index (χ0) is 22.5. The summed E-state index contributed by atoms with van der Waals surface area (Å²) in [6, 6.07) is 11.3. The van der Waals surface area contributed by atoms with Gasteiger partial charge in [0.2, 0.25) is 11.9 Å². The molecular weight excluding hydrogens is 428 g/mol. The second kappa shape index (κ2) is 9.65. The van der Waals surface area contributed by atoms with Crippen LogP contribution in [0.15, 0.2) is 46.6 Å². The van der Waals surface area contributed by atoms with Gasteiger partial charge in [0.1, 0.15) is 5.75 Å². The highest BCUT2D eigenvalue weighted by Crippen LogP contribution is 2.24. The molecule has 32 heavy (non-hydrogen) atoms. The van der Waals surface area contributed by atoms with E-state index in [1.165, 1.54) is 4.52 Å². The van der Waals surface area contributed by atoms with E-state index >= 15 is 0 Å². The van der Waals surface area contributed by atoms with E-state index in [2.05, 4.69) is 25.7 Å². The summed E-state index contributed by atoms with van der Waals surface area (Å²) in [7, 11) is 0. The normalized spacial score (nSPS) is 10.9. The number of carbonyl (C=O) groups is 1. The van der Waals surface area contributed by atoms with Gasteiger partial charge >= 0.3 is 0 Å². The van der Waals surface area contributed by atoms with Crippen LogP contribution in [0.5, 0.6) is 5.75 Å². The Balaban J connectivity index is 1.45. The smallest absolute Gasteiger partial charge is 0.277 e. The third-order valence-electron chi connectivity index (χ3n) is 4.87. The number of aromatic amines is 1. The van der Waals surface area contributed by atoms with Crippen LogP contribution >= 0.6 is 11.3 Å². The third-order valence-corrected chi connectivity index (χ3v) is 5.74. The van der Waals surface area contributed by atoms with Crippen molar-refractivity contribution in [3.63, 3.8) is 0 Å². The monoisotopic (exact) mass is 452 g/mol. The predicted octanol–water partition coefficient (Wildman–Crippen LogP) is 3.37.